The lowest BCUT2D eigenvalue weighted by Gasteiger charge is -2.46. The molecule has 0 aromatic heterocycles. The first kappa shape index (κ1) is 21.1. The van der Waals surface area contributed by atoms with Gasteiger partial charge < -0.3 is 21.3 Å². The van der Waals surface area contributed by atoms with Gasteiger partial charge in [-0.2, -0.15) is 0 Å². The number of piperidine rings is 1. The predicted octanol–water partition coefficient (Wildman–Crippen LogP) is 1.97. The third-order valence-corrected chi connectivity index (χ3v) is 5.20. The SMILES string of the molecule is CC1(C)CC(NC(=O)CCNC(=O)N2CC(=O)Nc3ccccc32)CC(C)(C)N1. The Bertz CT molecular complexity index is 789. The summed E-state index contributed by atoms with van der Waals surface area (Å²) < 4.78 is 0. The van der Waals surface area contributed by atoms with Crippen molar-refractivity contribution in [3.63, 3.8) is 0 Å². The number of nitrogens with zero attached hydrogens (tertiary/aromatic N) is 1. The average Bonchev–Trinajstić information content (AvgIpc) is 2.57. The van der Waals surface area contributed by atoms with E-state index in [0.29, 0.717) is 11.4 Å². The fourth-order valence-electron chi connectivity index (χ4n) is 4.52. The zero-order valence-electron chi connectivity index (χ0n) is 17.6. The summed E-state index contributed by atoms with van der Waals surface area (Å²) in [6, 6.07) is 6.86. The fourth-order valence-corrected chi connectivity index (χ4v) is 4.52. The van der Waals surface area contributed by atoms with E-state index < -0.39 is 0 Å². The zero-order chi connectivity index (χ0) is 21.2. The molecule has 0 radical (unpaired) electrons. The van der Waals surface area contributed by atoms with Crippen LogP contribution in [0.5, 0.6) is 0 Å². The number of benzene rings is 1. The van der Waals surface area contributed by atoms with Crippen LogP contribution >= 0.6 is 0 Å². The van der Waals surface area contributed by atoms with Gasteiger partial charge in [0.25, 0.3) is 0 Å². The number of rotatable bonds is 4. The molecule has 0 unspecified atom stereocenters. The number of fused-ring (bicyclic) bond motifs is 1. The van der Waals surface area contributed by atoms with Crippen LogP contribution in [0.3, 0.4) is 0 Å². The highest BCUT2D eigenvalue weighted by atomic mass is 16.2. The standard InChI is InChI=1S/C21H31N5O3/c1-20(2)11-14(12-21(3,4)25-20)23-17(27)9-10-22-19(29)26-13-18(28)24-15-7-5-6-8-16(15)26/h5-8,14,25H,9-13H2,1-4H3,(H,22,29)(H,23,27)(H,24,28). The number of hydrogen-bond donors (Lipinski definition) is 4. The summed E-state index contributed by atoms with van der Waals surface area (Å²) in [5.41, 5.74) is 1.16. The Balaban J connectivity index is 1.49. The highest BCUT2D eigenvalue weighted by Crippen LogP contribution is 2.29. The number of hydrogen-bond acceptors (Lipinski definition) is 4. The summed E-state index contributed by atoms with van der Waals surface area (Å²) in [5, 5.41) is 12.2. The first-order valence-electron chi connectivity index (χ1n) is 10.1. The lowest BCUT2D eigenvalue weighted by molar-refractivity contribution is -0.122. The van der Waals surface area contributed by atoms with Crippen molar-refractivity contribution in [2.24, 2.45) is 0 Å². The Morgan fingerprint density at radius 1 is 1.14 bits per heavy atom. The third kappa shape index (κ3) is 5.47. The summed E-state index contributed by atoms with van der Waals surface area (Å²) in [7, 11) is 0. The van der Waals surface area contributed by atoms with Gasteiger partial charge in [-0.3, -0.25) is 14.5 Å². The summed E-state index contributed by atoms with van der Waals surface area (Å²) in [5.74, 6) is -0.326. The Labute approximate surface area is 171 Å². The maximum atomic E-state index is 12.5. The van der Waals surface area contributed by atoms with E-state index in [2.05, 4.69) is 49.0 Å². The molecule has 3 rings (SSSR count). The Morgan fingerprint density at radius 3 is 2.48 bits per heavy atom. The van der Waals surface area contributed by atoms with Gasteiger partial charge in [-0.25, -0.2) is 4.79 Å². The molecule has 2 aliphatic heterocycles. The van der Waals surface area contributed by atoms with Gasteiger partial charge in [-0.05, 0) is 52.7 Å². The van der Waals surface area contributed by atoms with Crippen molar-refractivity contribution in [3.8, 4) is 0 Å². The van der Waals surface area contributed by atoms with Crippen LogP contribution in [0.2, 0.25) is 0 Å². The molecule has 29 heavy (non-hydrogen) atoms. The van der Waals surface area contributed by atoms with Gasteiger partial charge in [0.15, 0.2) is 0 Å². The molecule has 8 nitrogen and oxygen atoms in total. The second-order valence-electron chi connectivity index (χ2n) is 9.20. The average molecular weight is 402 g/mol. The molecule has 0 atom stereocenters. The Hall–Kier alpha value is -2.61. The van der Waals surface area contributed by atoms with Gasteiger partial charge in [0, 0.05) is 30.1 Å². The molecular weight excluding hydrogens is 370 g/mol. The molecule has 0 saturated carbocycles. The number of nitrogens with one attached hydrogen (secondary N) is 4. The van der Waals surface area contributed by atoms with E-state index in [1.807, 2.05) is 6.07 Å². The van der Waals surface area contributed by atoms with Crippen LogP contribution in [-0.4, -0.2) is 48.1 Å². The molecule has 2 aliphatic rings. The molecule has 1 aromatic carbocycles. The molecule has 8 heteroatoms. The van der Waals surface area contributed by atoms with Crippen molar-refractivity contribution in [1.29, 1.82) is 0 Å². The molecule has 2 heterocycles. The van der Waals surface area contributed by atoms with Crippen LogP contribution in [0.4, 0.5) is 16.2 Å². The van der Waals surface area contributed by atoms with Crippen molar-refractivity contribution < 1.29 is 14.4 Å². The van der Waals surface area contributed by atoms with E-state index in [-0.39, 0.29) is 54.5 Å². The molecule has 0 bridgehead atoms. The lowest BCUT2D eigenvalue weighted by atomic mass is 9.79. The highest BCUT2D eigenvalue weighted by Gasteiger charge is 2.38. The number of carbonyl (C=O) groups is 3. The van der Waals surface area contributed by atoms with E-state index in [1.54, 1.807) is 18.2 Å². The molecule has 158 valence electrons. The lowest BCUT2D eigenvalue weighted by Crippen LogP contribution is -2.62. The van der Waals surface area contributed by atoms with Gasteiger partial charge in [-0.15, -0.1) is 0 Å². The van der Waals surface area contributed by atoms with E-state index in [0.717, 1.165) is 12.8 Å². The predicted molar refractivity (Wildman–Crippen MR) is 113 cm³/mol. The quantitative estimate of drug-likeness (QED) is 0.619. The van der Waals surface area contributed by atoms with Crippen LogP contribution < -0.4 is 26.2 Å². The fraction of sp³-hybridized carbons (Fsp3) is 0.571. The smallest absolute Gasteiger partial charge is 0.322 e. The highest BCUT2D eigenvalue weighted by molar-refractivity contribution is 6.09. The summed E-state index contributed by atoms with van der Waals surface area (Å²) in [4.78, 5) is 38.2. The van der Waals surface area contributed by atoms with Gasteiger partial charge in [0.2, 0.25) is 11.8 Å². The number of anilines is 2. The summed E-state index contributed by atoms with van der Waals surface area (Å²) in [6.07, 6.45) is 1.90. The molecular formula is C21H31N5O3. The number of carbonyl (C=O) groups excluding carboxylic acids is 3. The summed E-state index contributed by atoms with van der Waals surface area (Å²) in [6.45, 7) is 8.72. The first-order chi connectivity index (χ1) is 13.5. The molecule has 4 amide bonds. The van der Waals surface area contributed by atoms with E-state index >= 15 is 0 Å². The third-order valence-electron chi connectivity index (χ3n) is 5.20. The minimum absolute atomic E-state index is 0.0455. The van der Waals surface area contributed by atoms with Crippen LogP contribution in [0.25, 0.3) is 0 Å². The molecule has 0 spiro atoms. The second kappa shape index (κ2) is 8.02. The van der Waals surface area contributed by atoms with E-state index in [4.69, 9.17) is 0 Å². The van der Waals surface area contributed by atoms with Gasteiger partial charge >= 0.3 is 6.03 Å². The van der Waals surface area contributed by atoms with Gasteiger partial charge in [-0.1, -0.05) is 12.1 Å². The number of urea groups is 1. The Morgan fingerprint density at radius 2 is 1.79 bits per heavy atom. The second-order valence-corrected chi connectivity index (χ2v) is 9.20. The molecule has 4 N–H and O–H groups in total. The van der Waals surface area contributed by atoms with Crippen LogP contribution in [-0.2, 0) is 9.59 Å². The van der Waals surface area contributed by atoms with Crippen molar-refractivity contribution in [2.75, 3.05) is 23.3 Å². The normalized spacial score (nSPS) is 20.4. The van der Waals surface area contributed by atoms with Crippen molar-refractivity contribution in [1.82, 2.24) is 16.0 Å². The molecule has 1 saturated heterocycles. The maximum absolute atomic E-state index is 12.5. The van der Waals surface area contributed by atoms with E-state index in [1.165, 1.54) is 4.90 Å². The molecule has 0 aliphatic carbocycles. The minimum Gasteiger partial charge on any atom is -0.353 e. The minimum atomic E-state index is -0.385. The topological polar surface area (TPSA) is 103 Å². The number of para-hydroxylation sites is 2. The largest absolute Gasteiger partial charge is 0.353 e. The van der Waals surface area contributed by atoms with Crippen molar-refractivity contribution in [2.45, 2.75) is 64.1 Å². The monoisotopic (exact) mass is 401 g/mol. The summed E-state index contributed by atoms with van der Waals surface area (Å²) >= 11 is 0. The van der Waals surface area contributed by atoms with Crippen LogP contribution in [0.15, 0.2) is 24.3 Å². The number of amides is 4. The van der Waals surface area contributed by atoms with Crippen molar-refractivity contribution >= 4 is 29.2 Å². The molecule has 1 aromatic rings. The Kier molecular flexibility index (Phi) is 5.84. The van der Waals surface area contributed by atoms with Crippen molar-refractivity contribution in [3.05, 3.63) is 24.3 Å². The van der Waals surface area contributed by atoms with E-state index in [9.17, 15) is 14.4 Å². The van der Waals surface area contributed by atoms with Gasteiger partial charge in [0.05, 0.1) is 11.4 Å². The maximum Gasteiger partial charge on any atom is 0.322 e. The van der Waals surface area contributed by atoms with Gasteiger partial charge in [0.1, 0.15) is 6.54 Å². The molecule has 1 fully saturated rings. The van der Waals surface area contributed by atoms with Crippen LogP contribution in [0, 0.1) is 0 Å². The van der Waals surface area contributed by atoms with Crippen LogP contribution in [0.1, 0.15) is 47.0 Å². The first-order valence-corrected chi connectivity index (χ1v) is 10.1. The zero-order valence-corrected chi connectivity index (χ0v) is 17.6.